The van der Waals surface area contributed by atoms with Crippen molar-refractivity contribution < 1.29 is 38.1 Å². The van der Waals surface area contributed by atoms with E-state index in [4.69, 9.17) is 18.9 Å². The van der Waals surface area contributed by atoms with E-state index in [0.717, 1.165) is 10.6 Å². The van der Waals surface area contributed by atoms with E-state index in [-0.39, 0.29) is 29.0 Å². The van der Waals surface area contributed by atoms with Gasteiger partial charge < -0.3 is 18.9 Å². The lowest BCUT2D eigenvalue weighted by Crippen LogP contribution is -2.43. The Kier molecular flexibility index (Phi) is 9.27. The number of hydrogen-bond acceptors (Lipinski definition) is 8. The van der Waals surface area contributed by atoms with Crippen molar-refractivity contribution in [1.29, 1.82) is 0 Å². The van der Waals surface area contributed by atoms with Crippen LogP contribution in [0.1, 0.15) is 78.2 Å². The van der Waals surface area contributed by atoms with Crippen molar-refractivity contribution in [1.82, 2.24) is 10.4 Å². The van der Waals surface area contributed by atoms with Crippen LogP contribution in [0.3, 0.4) is 0 Å². The second-order valence-electron chi connectivity index (χ2n) is 10.1. The number of benzene rings is 2. The summed E-state index contributed by atoms with van der Waals surface area (Å²) in [6, 6.07) is 11.6. The Balaban J connectivity index is 2.36. The lowest BCUT2D eigenvalue weighted by Gasteiger charge is -2.24. The van der Waals surface area contributed by atoms with Crippen molar-refractivity contribution >= 4 is 23.9 Å². The van der Waals surface area contributed by atoms with Crippen LogP contribution in [0.5, 0.6) is 5.75 Å². The van der Waals surface area contributed by atoms with Gasteiger partial charge in [0.05, 0.1) is 18.2 Å². The lowest BCUT2D eigenvalue weighted by molar-refractivity contribution is 0.00158. The van der Waals surface area contributed by atoms with E-state index >= 15 is 0 Å². The van der Waals surface area contributed by atoms with Crippen molar-refractivity contribution in [2.75, 3.05) is 14.2 Å². The first-order valence-electron chi connectivity index (χ1n) is 11.6. The molecule has 0 saturated carbocycles. The van der Waals surface area contributed by atoms with Gasteiger partial charge in [0, 0.05) is 7.05 Å². The van der Waals surface area contributed by atoms with Gasteiger partial charge in [0.25, 0.3) is 5.91 Å². The molecule has 0 atom stereocenters. The number of amides is 2. The van der Waals surface area contributed by atoms with Gasteiger partial charge >= 0.3 is 18.0 Å². The predicted molar refractivity (Wildman–Crippen MR) is 135 cm³/mol. The highest BCUT2D eigenvalue weighted by molar-refractivity contribution is 6.09. The molecule has 0 aliphatic carbocycles. The fourth-order valence-corrected chi connectivity index (χ4v) is 3.08. The van der Waals surface area contributed by atoms with Crippen LogP contribution in [0.2, 0.25) is 0 Å². The highest BCUT2D eigenvalue weighted by atomic mass is 16.6. The molecule has 37 heavy (non-hydrogen) atoms. The molecule has 2 aromatic carbocycles. The minimum atomic E-state index is -0.895. The molecule has 2 amide bonds. The molecule has 0 aliphatic rings. The maximum atomic E-state index is 13.1. The first kappa shape index (κ1) is 29.2. The first-order valence-corrected chi connectivity index (χ1v) is 11.6. The molecule has 2 aromatic rings. The highest BCUT2D eigenvalue weighted by Crippen LogP contribution is 2.31. The zero-order valence-corrected chi connectivity index (χ0v) is 22.5. The Hall–Kier alpha value is -4.08. The van der Waals surface area contributed by atoms with Crippen LogP contribution < -0.4 is 10.2 Å². The smallest absolute Gasteiger partial charge is 0.428 e. The van der Waals surface area contributed by atoms with Gasteiger partial charge in [-0.05, 0) is 59.2 Å². The Bertz CT molecular complexity index is 1150. The molecule has 2 rings (SSSR count). The molecule has 1 N–H and O–H groups in total. The average Bonchev–Trinajstić information content (AvgIpc) is 2.79. The molecule has 0 aliphatic heterocycles. The van der Waals surface area contributed by atoms with Gasteiger partial charge in [-0.15, -0.1) is 0 Å². The van der Waals surface area contributed by atoms with Crippen molar-refractivity contribution in [2.45, 2.75) is 59.4 Å². The van der Waals surface area contributed by atoms with E-state index < -0.39 is 35.1 Å². The summed E-state index contributed by atoms with van der Waals surface area (Å²) in [5.41, 5.74) is 0.908. The van der Waals surface area contributed by atoms with E-state index in [9.17, 15) is 19.2 Å². The van der Waals surface area contributed by atoms with Crippen LogP contribution in [-0.2, 0) is 20.8 Å². The second kappa shape index (κ2) is 11.8. The molecule has 0 heterocycles. The third-order valence-electron chi connectivity index (χ3n) is 4.58. The molecule has 0 bridgehead atoms. The maximum Gasteiger partial charge on any atom is 0.428 e. The molecular formula is C27H34N2O8. The maximum absolute atomic E-state index is 13.1. The van der Waals surface area contributed by atoms with Crippen LogP contribution >= 0.6 is 0 Å². The van der Waals surface area contributed by atoms with E-state index in [1.54, 1.807) is 53.7 Å². The molecule has 0 fully saturated rings. The summed E-state index contributed by atoms with van der Waals surface area (Å²) in [7, 11) is 2.55. The summed E-state index contributed by atoms with van der Waals surface area (Å²) in [6.45, 7) is 10.1. The number of ether oxygens (including phenoxy) is 4. The topological polar surface area (TPSA) is 120 Å². The van der Waals surface area contributed by atoms with Gasteiger partial charge in [0.1, 0.15) is 29.1 Å². The Labute approximate surface area is 216 Å². The average molecular weight is 515 g/mol. The molecule has 0 spiro atoms. The quantitative estimate of drug-likeness (QED) is 0.339. The van der Waals surface area contributed by atoms with Crippen molar-refractivity contribution in [3.63, 3.8) is 0 Å². The Morgan fingerprint density at radius 1 is 0.811 bits per heavy atom. The van der Waals surface area contributed by atoms with Crippen LogP contribution in [0.25, 0.3) is 0 Å². The summed E-state index contributed by atoms with van der Waals surface area (Å²) in [5, 5.41) is 0.861. The van der Waals surface area contributed by atoms with Gasteiger partial charge in [-0.1, -0.05) is 30.3 Å². The monoisotopic (exact) mass is 514 g/mol. The van der Waals surface area contributed by atoms with Crippen LogP contribution in [0.4, 0.5) is 4.79 Å². The molecule has 0 radical (unpaired) electrons. The number of hydrogen-bond donors (Lipinski definition) is 1. The minimum Gasteiger partial charge on any atom is -0.495 e. The van der Waals surface area contributed by atoms with Gasteiger partial charge in [-0.2, -0.15) is 0 Å². The van der Waals surface area contributed by atoms with Crippen LogP contribution in [-0.4, -0.2) is 54.3 Å². The number of carbonyl (C=O) groups excluding carboxylic acids is 4. The summed E-state index contributed by atoms with van der Waals surface area (Å²) in [5.74, 6) is -2.66. The number of rotatable bonds is 6. The third kappa shape index (κ3) is 8.52. The summed E-state index contributed by atoms with van der Waals surface area (Å²) in [6.07, 6.45) is -0.811. The Morgan fingerprint density at radius 3 is 1.89 bits per heavy atom. The predicted octanol–water partition coefficient (Wildman–Crippen LogP) is 4.52. The molecule has 0 aromatic heterocycles. The zero-order chi connectivity index (χ0) is 28.0. The van der Waals surface area contributed by atoms with Gasteiger partial charge in [0.2, 0.25) is 0 Å². The van der Waals surface area contributed by atoms with Gasteiger partial charge in [-0.25, -0.2) is 19.4 Å². The zero-order valence-electron chi connectivity index (χ0n) is 22.5. The van der Waals surface area contributed by atoms with Crippen LogP contribution in [0.15, 0.2) is 42.5 Å². The highest BCUT2D eigenvalue weighted by Gasteiger charge is 2.32. The van der Waals surface area contributed by atoms with Crippen LogP contribution in [0, 0.1) is 0 Å². The molecule has 0 unspecified atom stereocenters. The Morgan fingerprint density at radius 2 is 1.35 bits per heavy atom. The number of hydrazine groups is 1. The number of carbonyl (C=O) groups is 4. The van der Waals surface area contributed by atoms with Crippen molar-refractivity contribution in [3.05, 3.63) is 64.7 Å². The number of methoxy groups -OCH3 is 1. The van der Waals surface area contributed by atoms with Gasteiger partial charge in [0.15, 0.2) is 0 Å². The van der Waals surface area contributed by atoms with E-state index in [1.165, 1.54) is 26.3 Å². The number of nitrogens with one attached hydrogen (secondary N) is 1. The second-order valence-corrected chi connectivity index (χ2v) is 10.1. The third-order valence-corrected chi connectivity index (χ3v) is 4.58. The molecular weight excluding hydrogens is 480 g/mol. The standard InChI is InChI=1S/C27H34N2O8/c1-26(2,3)36-23(31)18-14-15-19(21(34-8)20(18)24(32)37-27(4,5)6)22(30)28-29(7)25(33)35-16-17-12-10-9-11-13-17/h9-15H,16H2,1-8H3,(H,28,30). The minimum absolute atomic E-state index is 0.0105. The fourth-order valence-electron chi connectivity index (χ4n) is 3.08. The van der Waals surface area contributed by atoms with E-state index in [2.05, 4.69) is 5.43 Å². The molecule has 200 valence electrons. The van der Waals surface area contributed by atoms with E-state index in [0.29, 0.717) is 0 Å². The normalized spacial score (nSPS) is 11.2. The lowest BCUT2D eigenvalue weighted by atomic mass is 10.0. The number of nitrogens with zero attached hydrogens (tertiary/aromatic N) is 1. The largest absolute Gasteiger partial charge is 0.495 e. The molecule has 10 heteroatoms. The number of esters is 2. The summed E-state index contributed by atoms with van der Waals surface area (Å²) in [4.78, 5) is 51.5. The van der Waals surface area contributed by atoms with E-state index in [1.807, 2.05) is 18.2 Å². The van der Waals surface area contributed by atoms with Gasteiger partial charge in [-0.3, -0.25) is 10.2 Å². The summed E-state index contributed by atoms with van der Waals surface area (Å²) < 4.78 is 21.5. The SMILES string of the molecule is COc1c(C(=O)NN(C)C(=O)OCc2ccccc2)ccc(C(=O)OC(C)(C)C)c1C(=O)OC(C)(C)C. The first-order chi connectivity index (χ1) is 17.1. The molecule has 10 nitrogen and oxygen atoms in total. The van der Waals surface area contributed by atoms with Crippen molar-refractivity contribution in [3.8, 4) is 5.75 Å². The molecule has 0 saturated heterocycles. The van der Waals surface area contributed by atoms with Crippen molar-refractivity contribution in [2.24, 2.45) is 0 Å². The summed E-state index contributed by atoms with van der Waals surface area (Å²) >= 11 is 0. The fraction of sp³-hybridized carbons (Fsp3) is 0.407.